The Kier molecular flexibility index (Phi) is 6.71. The third-order valence-corrected chi connectivity index (χ3v) is 9.18. The van der Waals surface area contributed by atoms with Crippen LogP contribution in [0.5, 0.6) is 5.75 Å². The normalized spacial score (nSPS) is 20.4. The first-order valence-corrected chi connectivity index (χ1v) is 13.9. The molecule has 2 unspecified atom stereocenters. The summed E-state index contributed by atoms with van der Waals surface area (Å²) >= 11 is 3.01. The number of thioether (sulfide) groups is 1. The molecule has 0 bridgehead atoms. The zero-order valence-electron chi connectivity index (χ0n) is 20.0. The van der Waals surface area contributed by atoms with E-state index in [0.29, 0.717) is 16.6 Å². The fourth-order valence-corrected chi connectivity index (χ4v) is 7.56. The lowest BCUT2D eigenvalue weighted by molar-refractivity contribution is -0.134. The van der Waals surface area contributed by atoms with Crippen LogP contribution >= 0.6 is 23.1 Å². The van der Waals surface area contributed by atoms with Gasteiger partial charge in [-0.25, -0.2) is 4.98 Å². The molecular weight excluding hydrogens is 466 g/mol. The monoisotopic (exact) mass is 497 g/mol. The highest BCUT2D eigenvalue weighted by atomic mass is 32.2. The molecule has 0 radical (unpaired) electrons. The van der Waals surface area contributed by atoms with Crippen LogP contribution < -0.4 is 10.3 Å². The van der Waals surface area contributed by atoms with Crippen molar-refractivity contribution in [3.05, 3.63) is 45.1 Å². The van der Waals surface area contributed by atoms with Crippen LogP contribution in [0, 0.1) is 0 Å². The Morgan fingerprint density at radius 3 is 2.71 bits per heavy atom. The number of carbonyl (C=O) groups excluding carboxylic acids is 1. The standard InChI is InChI=1S/C26H31N3O3S2/c1-16-8-6-9-17(2)28(16)22(30)15-33-26-27-24-23(20-12-4-5-13-21(20)34-24)25(31)29(26)18-10-7-11-19(14-18)32-3/h7,10-11,14,16-17H,4-6,8-9,12-13,15H2,1-3H3. The first kappa shape index (κ1) is 23.4. The first-order chi connectivity index (χ1) is 16.5. The quantitative estimate of drug-likeness (QED) is 0.357. The van der Waals surface area contributed by atoms with Gasteiger partial charge in [0.1, 0.15) is 10.6 Å². The maximum absolute atomic E-state index is 13.9. The van der Waals surface area contributed by atoms with Crippen LogP contribution in [0.4, 0.5) is 0 Å². The van der Waals surface area contributed by atoms with Crippen molar-refractivity contribution in [1.82, 2.24) is 14.5 Å². The van der Waals surface area contributed by atoms with Crippen molar-refractivity contribution in [2.45, 2.75) is 76.0 Å². The minimum Gasteiger partial charge on any atom is -0.497 e. The zero-order chi connectivity index (χ0) is 23.8. The molecule has 1 aliphatic carbocycles. The van der Waals surface area contributed by atoms with E-state index in [4.69, 9.17) is 9.72 Å². The van der Waals surface area contributed by atoms with Crippen molar-refractivity contribution >= 4 is 39.2 Å². The molecule has 1 saturated heterocycles. The highest BCUT2D eigenvalue weighted by Gasteiger charge is 2.29. The van der Waals surface area contributed by atoms with Crippen molar-refractivity contribution in [2.24, 2.45) is 0 Å². The highest BCUT2D eigenvalue weighted by Crippen LogP contribution is 2.35. The summed E-state index contributed by atoms with van der Waals surface area (Å²) in [5.74, 6) is 1.06. The lowest BCUT2D eigenvalue weighted by atomic mass is 9.97. The molecule has 2 aliphatic rings. The molecule has 180 valence electrons. The average molecular weight is 498 g/mol. The second-order valence-electron chi connectivity index (χ2n) is 9.35. The second-order valence-corrected chi connectivity index (χ2v) is 11.4. The average Bonchev–Trinajstić information content (AvgIpc) is 3.21. The summed E-state index contributed by atoms with van der Waals surface area (Å²) in [6, 6.07) is 7.99. The van der Waals surface area contributed by atoms with Crippen molar-refractivity contribution in [3.63, 3.8) is 0 Å². The number of fused-ring (bicyclic) bond motifs is 3. The number of benzene rings is 1. The molecule has 1 aliphatic heterocycles. The van der Waals surface area contributed by atoms with Crippen LogP contribution in [0.15, 0.2) is 34.2 Å². The Labute approximate surface area is 208 Å². The van der Waals surface area contributed by atoms with E-state index in [9.17, 15) is 9.59 Å². The Hall–Kier alpha value is -2.32. The van der Waals surface area contributed by atoms with E-state index in [0.717, 1.165) is 55.2 Å². The number of methoxy groups -OCH3 is 1. The van der Waals surface area contributed by atoms with Gasteiger partial charge < -0.3 is 9.64 Å². The Morgan fingerprint density at radius 1 is 1.18 bits per heavy atom. The highest BCUT2D eigenvalue weighted by molar-refractivity contribution is 7.99. The van der Waals surface area contributed by atoms with Crippen LogP contribution in [0.2, 0.25) is 0 Å². The van der Waals surface area contributed by atoms with Crippen molar-refractivity contribution in [1.29, 1.82) is 0 Å². The molecule has 3 aromatic rings. The van der Waals surface area contributed by atoms with Crippen LogP contribution in [0.1, 0.15) is 56.4 Å². The maximum Gasteiger partial charge on any atom is 0.267 e. The van der Waals surface area contributed by atoms with Gasteiger partial charge >= 0.3 is 0 Å². The van der Waals surface area contributed by atoms with Crippen molar-refractivity contribution < 1.29 is 9.53 Å². The molecule has 2 aromatic heterocycles. The minimum absolute atomic E-state index is 0.0488. The Balaban J connectivity index is 1.57. The van der Waals surface area contributed by atoms with Crippen molar-refractivity contribution in [3.8, 4) is 11.4 Å². The number of hydrogen-bond acceptors (Lipinski definition) is 6. The summed E-state index contributed by atoms with van der Waals surface area (Å²) in [7, 11) is 1.62. The smallest absolute Gasteiger partial charge is 0.267 e. The number of aryl methyl sites for hydroxylation is 2. The van der Waals surface area contributed by atoms with E-state index in [1.807, 2.05) is 29.2 Å². The van der Waals surface area contributed by atoms with Crippen LogP contribution in [-0.2, 0) is 17.6 Å². The molecule has 1 aromatic carbocycles. The van der Waals surface area contributed by atoms with E-state index in [-0.39, 0.29) is 29.3 Å². The summed E-state index contributed by atoms with van der Waals surface area (Å²) < 4.78 is 7.09. The SMILES string of the molecule is COc1cccc(-n2c(SCC(=O)N3C(C)CCCC3C)nc3sc4c(c3c2=O)CCCC4)c1. The number of carbonyl (C=O) groups is 1. The molecule has 1 fully saturated rings. The van der Waals surface area contributed by atoms with E-state index in [1.54, 1.807) is 23.0 Å². The van der Waals surface area contributed by atoms with E-state index < -0.39 is 0 Å². The summed E-state index contributed by atoms with van der Waals surface area (Å²) in [4.78, 5) is 36.2. The van der Waals surface area contributed by atoms with Gasteiger partial charge in [-0.1, -0.05) is 17.8 Å². The number of amides is 1. The van der Waals surface area contributed by atoms with Gasteiger partial charge in [0.2, 0.25) is 5.91 Å². The van der Waals surface area contributed by atoms with Gasteiger partial charge in [0.05, 0.1) is 23.9 Å². The predicted molar refractivity (Wildman–Crippen MR) is 139 cm³/mol. The largest absolute Gasteiger partial charge is 0.497 e. The van der Waals surface area contributed by atoms with Gasteiger partial charge in [0, 0.05) is 23.0 Å². The molecule has 1 amide bonds. The molecule has 8 heteroatoms. The summed E-state index contributed by atoms with van der Waals surface area (Å²) in [6.45, 7) is 4.26. The zero-order valence-corrected chi connectivity index (χ0v) is 21.6. The third-order valence-electron chi connectivity index (χ3n) is 7.08. The molecule has 34 heavy (non-hydrogen) atoms. The van der Waals surface area contributed by atoms with Crippen LogP contribution in [0.25, 0.3) is 15.9 Å². The number of aromatic nitrogens is 2. The molecule has 0 N–H and O–H groups in total. The number of nitrogens with zero attached hydrogens (tertiary/aromatic N) is 3. The van der Waals surface area contributed by atoms with Gasteiger partial charge in [-0.2, -0.15) is 0 Å². The molecule has 2 atom stereocenters. The first-order valence-electron chi connectivity index (χ1n) is 12.1. The predicted octanol–water partition coefficient (Wildman–Crippen LogP) is 5.22. The molecule has 3 heterocycles. The summed E-state index contributed by atoms with van der Waals surface area (Å²) in [6.07, 6.45) is 7.46. The molecule has 0 saturated carbocycles. The van der Waals surface area contributed by atoms with Gasteiger partial charge in [0.15, 0.2) is 5.16 Å². The molecule has 0 spiro atoms. The number of ether oxygens (including phenoxy) is 1. The molecule has 5 rings (SSSR count). The number of hydrogen-bond donors (Lipinski definition) is 0. The molecule has 6 nitrogen and oxygen atoms in total. The lowest BCUT2D eigenvalue weighted by Crippen LogP contribution is -2.48. The number of piperidine rings is 1. The van der Waals surface area contributed by atoms with E-state index in [1.165, 1.54) is 22.2 Å². The van der Waals surface area contributed by atoms with Gasteiger partial charge in [-0.15, -0.1) is 11.3 Å². The Morgan fingerprint density at radius 2 is 1.94 bits per heavy atom. The summed E-state index contributed by atoms with van der Waals surface area (Å²) in [5, 5.41) is 1.31. The number of rotatable bonds is 5. The Bertz CT molecular complexity index is 1270. The van der Waals surface area contributed by atoms with E-state index >= 15 is 0 Å². The van der Waals surface area contributed by atoms with Crippen molar-refractivity contribution in [2.75, 3.05) is 12.9 Å². The minimum atomic E-state index is -0.0488. The second kappa shape index (κ2) is 9.74. The number of likely N-dealkylation sites (tertiary alicyclic amines) is 1. The maximum atomic E-state index is 13.9. The van der Waals surface area contributed by atoms with Gasteiger partial charge in [-0.05, 0) is 76.5 Å². The van der Waals surface area contributed by atoms with Gasteiger partial charge in [0.25, 0.3) is 5.56 Å². The topological polar surface area (TPSA) is 64.4 Å². The molecular formula is C26H31N3O3S2. The number of thiophene rings is 1. The van der Waals surface area contributed by atoms with E-state index in [2.05, 4.69) is 13.8 Å². The lowest BCUT2D eigenvalue weighted by Gasteiger charge is -2.39. The fraction of sp³-hybridized carbons (Fsp3) is 0.500. The summed E-state index contributed by atoms with van der Waals surface area (Å²) in [5.41, 5.74) is 1.83. The van der Waals surface area contributed by atoms with Gasteiger partial charge in [-0.3, -0.25) is 14.2 Å². The van der Waals surface area contributed by atoms with Crippen LogP contribution in [0.3, 0.4) is 0 Å². The third kappa shape index (κ3) is 4.26. The fourth-order valence-electron chi connectivity index (χ4n) is 5.37. The van der Waals surface area contributed by atoms with Crippen LogP contribution in [-0.4, -0.2) is 45.3 Å².